The van der Waals surface area contributed by atoms with E-state index >= 15 is 0 Å². The Labute approximate surface area is 108 Å². The third-order valence-electron chi connectivity index (χ3n) is 2.57. The van der Waals surface area contributed by atoms with Gasteiger partial charge in [-0.05, 0) is 43.3 Å². The lowest BCUT2D eigenvalue weighted by atomic mass is 10.2. The monoisotopic (exact) mass is 242 g/mol. The topological polar surface area (TPSA) is 47.3 Å². The zero-order valence-electron chi connectivity index (χ0n) is 10.5. The molecule has 0 radical (unpaired) electrons. The third kappa shape index (κ3) is 3.70. The van der Waals surface area contributed by atoms with Crippen molar-refractivity contribution in [3.8, 4) is 5.75 Å². The van der Waals surface area contributed by atoms with Crippen molar-refractivity contribution in [3.63, 3.8) is 0 Å². The molecule has 0 spiro atoms. The highest BCUT2D eigenvalue weighted by Gasteiger charge is 2.02. The third-order valence-corrected chi connectivity index (χ3v) is 2.57. The van der Waals surface area contributed by atoms with Gasteiger partial charge in [-0.25, -0.2) is 0 Å². The van der Waals surface area contributed by atoms with E-state index in [4.69, 9.17) is 10.5 Å². The number of hydrogen-bond donors (Lipinski definition) is 2. The summed E-state index contributed by atoms with van der Waals surface area (Å²) in [5.74, 6) is 0.892. The van der Waals surface area contributed by atoms with E-state index in [9.17, 15) is 0 Å². The quantitative estimate of drug-likeness (QED) is 0.792. The van der Waals surface area contributed by atoms with Gasteiger partial charge in [0.2, 0.25) is 0 Å². The first-order valence-electron chi connectivity index (χ1n) is 6.04. The van der Waals surface area contributed by atoms with Crippen LogP contribution in [-0.2, 0) is 0 Å². The minimum Gasteiger partial charge on any atom is -0.491 e. The van der Waals surface area contributed by atoms with Crippen molar-refractivity contribution in [3.05, 3.63) is 54.6 Å². The van der Waals surface area contributed by atoms with E-state index in [0.717, 1.165) is 17.1 Å². The Kier molecular flexibility index (Phi) is 4.07. The number of nitrogen functional groups attached to an aromatic ring is 1. The molecular formula is C15H18N2O. The molecule has 0 bridgehead atoms. The minimum atomic E-state index is 0.230. The van der Waals surface area contributed by atoms with Gasteiger partial charge in [0.1, 0.15) is 12.4 Å². The van der Waals surface area contributed by atoms with Crippen LogP contribution < -0.4 is 15.8 Å². The highest BCUT2D eigenvalue weighted by Crippen LogP contribution is 2.13. The maximum absolute atomic E-state index is 5.68. The van der Waals surface area contributed by atoms with Gasteiger partial charge in [-0.15, -0.1) is 0 Å². The Morgan fingerprint density at radius 1 is 1.06 bits per heavy atom. The summed E-state index contributed by atoms with van der Waals surface area (Å²) in [5.41, 5.74) is 7.46. The summed E-state index contributed by atoms with van der Waals surface area (Å²) < 4.78 is 5.68. The molecule has 0 heterocycles. The van der Waals surface area contributed by atoms with Gasteiger partial charge in [-0.2, -0.15) is 0 Å². The summed E-state index contributed by atoms with van der Waals surface area (Å²) in [5, 5.41) is 3.36. The Balaban J connectivity index is 1.82. The molecule has 0 aromatic heterocycles. The molecule has 0 aliphatic carbocycles. The average Bonchev–Trinajstić information content (AvgIpc) is 2.40. The Morgan fingerprint density at radius 3 is 2.39 bits per heavy atom. The molecule has 94 valence electrons. The van der Waals surface area contributed by atoms with Crippen molar-refractivity contribution in [2.75, 3.05) is 17.7 Å². The lowest BCUT2D eigenvalue weighted by Crippen LogP contribution is -2.23. The first kappa shape index (κ1) is 12.3. The molecule has 0 saturated heterocycles. The van der Waals surface area contributed by atoms with Gasteiger partial charge in [0, 0.05) is 11.4 Å². The number of anilines is 2. The molecule has 2 rings (SSSR count). The van der Waals surface area contributed by atoms with Crippen LogP contribution in [0.25, 0.3) is 0 Å². The fourth-order valence-electron chi connectivity index (χ4n) is 1.64. The number of nitrogens with two attached hydrogens (primary N) is 1. The fraction of sp³-hybridized carbons (Fsp3) is 0.200. The van der Waals surface area contributed by atoms with Crippen molar-refractivity contribution >= 4 is 11.4 Å². The average molecular weight is 242 g/mol. The summed E-state index contributed by atoms with van der Waals surface area (Å²) in [6.07, 6.45) is 0. The number of nitrogens with one attached hydrogen (secondary N) is 1. The molecule has 3 N–H and O–H groups in total. The first-order valence-corrected chi connectivity index (χ1v) is 6.04. The lowest BCUT2D eigenvalue weighted by Gasteiger charge is -2.16. The molecule has 0 fully saturated rings. The minimum absolute atomic E-state index is 0.230. The molecule has 1 unspecified atom stereocenters. The summed E-state index contributed by atoms with van der Waals surface area (Å²) in [6, 6.07) is 17.7. The molecule has 3 nitrogen and oxygen atoms in total. The second-order valence-electron chi connectivity index (χ2n) is 4.29. The normalized spacial score (nSPS) is 11.8. The smallest absolute Gasteiger partial charge is 0.119 e. The number of para-hydroxylation sites is 1. The SMILES string of the molecule is CC(COc1ccccc1)Nc1ccc(N)cc1. The van der Waals surface area contributed by atoms with Crippen LogP contribution in [0.5, 0.6) is 5.75 Å². The first-order chi connectivity index (χ1) is 8.74. The Morgan fingerprint density at radius 2 is 1.72 bits per heavy atom. The molecule has 1 atom stereocenters. The predicted molar refractivity (Wildman–Crippen MR) is 75.9 cm³/mol. The number of hydrogen-bond acceptors (Lipinski definition) is 3. The van der Waals surface area contributed by atoms with E-state index < -0.39 is 0 Å². The highest BCUT2D eigenvalue weighted by atomic mass is 16.5. The van der Waals surface area contributed by atoms with Crippen LogP contribution in [0.1, 0.15) is 6.92 Å². The van der Waals surface area contributed by atoms with Crippen LogP contribution in [0.4, 0.5) is 11.4 Å². The van der Waals surface area contributed by atoms with Crippen molar-refractivity contribution in [2.24, 2.45) is 0 Å². The second kappa shape index (κ2) is 5.96. The van der Waals surface area contributed by atoms with Crippen LogP contribution in [0.15, 0.2) is 54.6 Å². The lowest BCUT2D eigenvalue weighted by molar-refractivity contribution is 0.304. The maximum Gasteiger partial charge on any atom is 0.119 e. The maximum atomic E-state index is 5.68. The van der Waals surface area contributed by atoms with Gasteiger partial charge in [0.15, 0.2) is 0 Å². The summed E-state index contributed by atoms with van der Waals surface area (Å²) >= 11 is 0. The summed E-state index contributed by atoms with van der Waals surface area (Å²) in [4.78, 5) is 0. The van der Waals surface area contributed by atoms with Crippen molar-refractivity contribution in [2.45, 2.75) is 13.0 Å². The molecule has 0 aliphatic heterocycles. The predicted octanol–water partition coefficient (Wildman–Crippen LogP) is 3.15. The van der Waals surface area contributed by atoms with Gasteiger partial charge >= 0.3 is 0 Å². The highest BCUT2D eigenvalue weighted by molar-refractivity contribution is 5.51. The standard InChI is InChI=1S/C15H18N2O/c1-12(11-18-15-5-3-2-4-6-15)17-14-9-7-13(16)8-10-14/h2-10,12,17H,11,16H2,1H3. The molecule has 3 heteroatoms. The molecule has 18 heavy (non-hydrogen) atoms. The van der Waals surface area contributed by atoms with Crippen LogP contribution >= 0.6 is 0 Å². The number of ether oxygens (including phenoxy) is 1. The Bertz CT molecular complexity index is 468. The molecule has 2 aromatic rings. The Hall–Kier alpha value is -2.16. The van der Waals surface area contributed by atoms with Crippen LogP contribution in [0.3, 0.4) is 0 Å². The van der Waals surface area contributed by atoms with Gasteiger partial charge in [0.25, 0.3) is 0 Å². The summed E-state index contributed by atoms with van der Waals surface area (Å²) in [7, 11) is 0. The van der Waals surface area contributed by atoms with E-state index in [1.165, 1.54) is 0 Å². The van der Waals surface area contributed by atoms with Gasteiger partial charge in [-0.3, -0.25) is 0 Å². The van der Waals surface area contributed by atoms with Crippen LogP contribution in [-0.4, -0.2) is 12.6 Å². The van der Waals surface area contributed by atoms with E-state index in [1.807, 2.05) is 54.6 Å². The molecular weight excluding hydrogens is 224 g/mol. The zero-order valence-corrected chi connectivity index (χ0v) is 10.5. The second-order valence-corrected chi connectivity index (χ2v) is 4.29. The number of rotatable bonds is 5. The van der Waals surface area contributed by atoms with E-state index in [2.05, 4.69) is 12.2 Å². The molecule has 2 aromatic carbocycles. The fourth-order valence-corrected chi connectivity index (χ4v) is 1.64. The van der Waals surface area contributed by atoms with Gasteiger partial charge in [-0.1, -0.05) is 18.2 Å². The van der Waals surface area contributed by atoms with Crippen molar-refractivity contribution in [1.82, 2.24) is 0 Å². The van der Waals surface area contributed by atoms with E-state index in [0.29, 0.717) is 6.61 Å². The molecule has 0 saturated carbocycles. The molecule has 0 amide bonds. The van der Waals surface area contributed by atoms with Gasteiger partial charge < -0.3 is 15.8 Å². The zero-order chi connectivity index (χ0) is 12.8. The van der Waals surface area contributed by atoms with Crippen LogP contribution in [0, 0.1) is 0 Å². The largest absolute Gasteiger partial charge is 0.491 e. The van der Waals surface area contributed by atoms with E-state index in [-0.39, 0.29) is 6.04 Å². The van der Waals surface area contributed by atoms with Gasteiger partial charge in [0.05, 0.1) is 6.04 Å². The summed E-state index contributed by atoms with van der Waals surface area (Å²) in [6.45, 7) is 2.70. The number of benzene rings is 2. The van der Waals surface area contributed by atoms with E-state index in [1.54, 1.807) is 0 Å². The van der Waals surface area contributed by atoms with Crippen LogP contribution in [0.2, 0.25) is 0 Å². The van der Waals surface area contributed by atoms with Crippen molar-refractivity contribution < 1.29 is 4.74 Å². The van der Waals surface area contributed by atoms with Crippen molar-refractivity contribution in [1.29, 1.82) is 0 Å². The molecule has 0 aliphatic rings.